The Morgan fingerprint density at radius 1 is 1.20 bits per heavy atom. The monoisotopic (exact) mass is 552 g/mol. The fourth-order valence-electron chi connectivity index (χ4n) is 2.69. The van der Waals surface area contributed by atoms with E-state index in [1.165, 1.54) is 11.0 Å². The highest BCUT2D eigenvalue weighted by molar-refractivity contribution is 9.11. The van der Waals surface area contributed by atoms with E-state index >= 15 is 0 Å². The molecular weight excluding hydrogens is 540 g/mol. The summed E-state index contributed by atoms with van der Waals surface area (Å²) in [5, 5.41) is 11.3. The molecule has 0 radical (unpaired) electrons. The van der Waals surface area contributed by atoms with Crippen molar-refractivity contribution in [3.05, 3.63) is 62.0 Å². The fourth-order valence-corrected chi connectivity index (χ4v) is 4.42. The lowest BCUT2D eigenvalue weighted by Gasteiger charge is -2.29. The van der Waals surface area contributed by atoms with Crippen molar-refractivity contribution < 1.29 is 24.2 Å². The van der Waals surface area contributed by atoms with E-state index in [2.05, 4.69) is 37.2 Å². The van der Waals surface area contributed by atoms with Crippen molar-refractivity contribution in [2.75, 3.05) is 11.5 Å². The molecule has 2 aromatic carbocycles. The van der Waals surface area contributed by atoms with Crippen LogP contribution in [0, 0.1) is 6.92 Å². The van der Waals surface area contributed by atoms with Gasteiger partial charge in [-0.15, -0.1) is 0 Å². The largest absolute Gasteiger partial charge is 0.480 e. The predicted molar refractivity (Wildman–Crippen MR) is 122 cm³/mol. The summed E-state index contributed by atoms with van der Waals surface area (Å²) < 4.78 is 6.15. The number of hydrogen-bond donors (Lipinski definition) is 2. The van der Waals surface area contributed by atoms with Gasteiger partial charge >= 0.3 is 5.97 Å². The average Bonchev–Trinajstić information content (AvgIpc) is 2.65. The van der Waals surface area contributed by atoms with Crippen LogP contribution in [0.5, 0.6) is 5.75 Å². The Morgan fingerprint density at radius 3 is 2.37 bits per heavy atom. The van der Waals surface area contributed by atoms with Crippen LogP contribution in [0.2, 0.25) is 0 Å². The first-order valence-corrected chi connectivity index (χ1v) is 10.5. The molecule has 0 unspecified atom stereocenters. The lowest BCUT2D eigenvalue weighted by molar-refractivity contribution is -0.139. The van der Waals surface area contributed by atoms with Gasteiger partial charge in [0.2, 0.25) is 0 Å². The van der Waals surface area contributed by atoms with Crippen molar-refractivity contribution in [3.8, 4) is 5.75 Å². The van der Waals surface area contributed by atoms with Crippen molar-refractivity contribution in [2.45, 2.75) is 6.92 Å². The predicted octanol–water partition coefficient (Wildman–Crippen LogP) is 3.81. The third-order valence-corrected chi connectivity index (χ3v) is 5.53. The molecule has 1 fully saturated rings. The summed E-state index contributed by atoms with van der Waals surface area (Å²) in [6.45, 7) is 1.41. The summed E-state index contributed by atoms with van der Waals surface area (Å²) in [7, 11) is 0. The number of thiocarbonyl (C=S) groups is 1. The summed E-state index contributed by atoms with van der Waals surface area (Å²) in [4.78, 5) is 37.5. The number of anilines is 1. The van der Waals surface area contributed by atoms with Gasteiger partial charge in [0.05, 0.1) is 14.6 Å². The van der Waals surface area contributed by atoms with Crippen LogP contribution in [-0.4, -0.2) is 34.6 Å². The summed E-state index contributed by atoms with van der Waals surface area (Å²) in [5.74, 6) is -1.98. The molecule has 30 heavy (non-hydrogen) atoms. The van der Waals surface area contributed by atoms with Gasteiger partial charge in [-0.05, 0) is 86.9 Å². The molecule has 0 aliphatic carbocycles. The maximum absolute atomic E-state index is 13.0. The molecule has 1 aliphatic heterocycles. The van der Waals surface area contributed by atoms with Crippen molar-refractivity contribution >= 4 is 78.7 Å². The number of carbonyl (C=O) groups is 3. The third kappa shape index (κ3) is 4.77. The smallest absolute Gasteiger partial charge is 0.341 e. The van der Waals surface area contributed by atoms with Crippen LogP contribution >= 0.6 is 44.1 Å². The zero-order valence-corrected chi connectivity index (χ0v) is 19.4. The molecule has 0 aromatic heterocycles. The van der Waals surface area contributed by atoms with Gasteiger partial charge in [0, 0.05) is 0 Å². The van der Waals surface area contributed by atoms with Gasteiger partial charge in [0.1, 0.15) is 11.3 Å². The van der Waals surface area contributed by atoms with Gasteiger partial charge in [-0.3, -0.25) is 19.8 Å². The first-order valence-electron chi connectivity index (χ1n) is 8.49. The highest BCUT2D eigenvalue weighted by Crippen LogP contribution is 2.35. The van der Waals surface area contributed by atoms with E-state index in [9.17, 15) is 14.4 Å². The molecule has 7 nitrogen and oxygen atoms in total. The van der Waals surface area contributed by atoms with E-state index < -0.39 is 24.4 Å². The first kappa shape index (κ1) is 22.1. The van der Waals surface area contributed by atoms with Crippen molar-refractivity contribution in [1.29, 1.82) is 0 Å². The lowest BCUT2D eigenvalue weighted by atomic mass is 10.1. The Balaban J connectivity index is 1.96. The summed E-state index contributed by atoms with van der Waals surface area (Å²) in [6.07, 6.45) is 1.43. The van der Waals surface area contributed by atoms with Crippen LogP contribution in [0.4, 0.5) is 5.69 Å². The molecule has 10 heteroatoms. The maximum atomic E-state index is 13.0. The van der Waals surface area contributed by atoms with Crippen LogP contribution in [0.15, 0.2) is 50.9 Å². The number of rotatable bonds is 5. The van der Waals surface area contributed by atoms with Gasteiger partial charge in [-0.25, -0.2) is 4.79 Å². The Kier molecular flexibility index (Phi) is 6.69. The van der Waals surface area contributed by atoms with Crippen LogP contribution in [-0.2, 0) is 14.4 Å². The second-order valence-corrected chi connectivity index (χ2v) is 8.38. The molecule has 154 valence electrons. The number of aryl methyl sites for hydroxylation is 1. The molecule has 0 atom stereocenters. The summed E-state index contributed by atoms with van der Waals surface area (Å²) in [6, 6.07) is 10.4. The number of amides is 2. The third-order valence-electron chi connectivity index (χ3n) is 4.07. The molecule has 1 heterocycles. The molecule has 2 N–H and O–H groups in total. The van der Waals surface area contributed by atoms with E-state index in [4.69, 9.17) is 22.1 Å². The number of carboxylic acid groups (broad SMARTS) is 1. The second-order valence-electron chi connectivity index (χ2n) is 6.29. The Bertz CT molecular complexity index is 1080. The SMILES string of the molecule is Cc1ccc(N2C(=O)C(=Cc3cc(Br)c(OCC(=O)O)c(Br)c3)C(=O)NC2=S)cc1. The highest BCUT2D eigenvalue weighted by Gasteiger charge is 2.34. The van der Waals surface area contributed by atoms with Gasteiger partial charge in [-0.2, -0.15) is 0 Å². The van der Waals surface area contributed by atoms with Crippen LogP contribution in [0.3, 0.4) is 0 Å². The first-order chi connectivity index (χ1) is 14.2. The Morgan fingerprint density at radius 2 is 1.80 bits per heavy atom. The minimum atomic E-state index is -1.11. The Labute approximate surface area is 194 Å². The van der Waals surface area contributed by atoms with Gasteiger partial charge in [0.25, 0.3) is 11.8 Å². The van der Waals surface area contributed by atoms with Crippen molar-refractivity contribution in [3.63, 3.8) is 0 Å². The van der Waals surface area contributed by atoms with Gasteiger partial charge < -0.3 is 9.84 Å². The number of nitrogens with zero attached hydrogens (tertiary/aromatic N) is 1. The zero-order valence-electron chi connectivity index (χ0n) is 15.4. The highest BCUT2D eigenvalue weighted by atomic mass is 79.9. The number of carbonyl (C=O) groups excluding carboxylic acids is 2. The molecular formula is C20H14Br2N2O5S. The number of nitrogens with one attached hydrogen (secondary N) is 1. The number of ether oxygens (including phenoxy) is 1. The van der Waals surface area contributed by atoms with E-state index in [1.807, 2.05) is 19.1 Å². The molecule has 0 bridgehead atoms. The molecule has 0 saturated carbocycles. The topological polar surface area (TPSA) is 95.9 Å². The van der Waals surface area contributed by atoms with Gasteiger partial charge in [0.15, 0.2) is 11.7 Å². The quantitative estimate of drug-likeness (QED) is 0.332. The zero-order chi connectivity index (χ0) is 22.0. The number of aliphatic carboxylic acids is 1. The normalized spacial score (nSPS) is 15.4. The van der Waals surface area contributed by atoms with E-state index in [-0.39, 0.29) is 10.7 Å². The van der Waals surface area contributed by atoms with E-state index in [0.717, 1.165) is 5.56 Å². The standard InChI is InChI=1S/C20H14Br2N2O5S/c1-10-2-4-12(5-3-10)24-19(28)13(18(27)23-20(24)30)6-11-7-14(21)17(15(22)8-11)29-9-16(25)26/h2-8H,9H2,1H3,(H,25,26)(H,23,27,30). The molecule has 2 amide bonds. The number of benzene rings is 2. The number of halogens is 2. The minimum Gasteiger partial charge on any atom is -0.480 e. The fraction of sp³-hybridized carbons (Fsp3) is 0.100. The summed E-state index contributed by atoms with van der Waals surface area (Å²) >= 11 is 11.8. The summed E-state index contributed by atoms with van der Waals surface area (Å²) in [5.41, 5.74) is 1.99. The van der Waals surface area contributed by atoms with Crippen LogP contribution in [0.25, 0.3) is 6.08 Å². The van der Waals surface area contributed by atoms with Crippen molar-refractivity contribution in [2.24, 2.45) is 0 Å². The Hall–Kier alpha value is -2.56. The van der Waals surface area contributed by atoms with Crippen LogP contribution < -0.4 is 15.0 Å². The molecule has 0 spiro atoms. The van der Waals surface area contributed by atoms with Crippen molar-refractivity contribution in [1.82, 2.24) is 5.32 Å². The molecule has 3 rings (SSSR count). The van der Waals surface area contributed by atoms with E-state index in [1.54, 1.807) is 24.3 Å². The number of carboxylic acids is 1. The average molecular weight is 554 g/mol. The maximum Gasteiger partial charge on any atom is 0.341 e. The van der Waals surface area contributed by atoms with Gasteiger partial charge in [-0.1, -0.05) is 17.7 Å². The minimum absolute atomic E-state index is 0.00535. The number of hydrogen-bond acceptors (Lipinski definition) is 5. The van der Waals surface area contributed by atoms with E-state index in [0.29, 0.717) is 25.9 Å². The molecule has 1 aliphatic rings. The molecule has 1 saturated heterocycles. The molecule has 2 aromatic rings. The van der Waals surface area contributed by atoms with Crippen LogP contribution in [0.1, 0.15) is 11.1 Å². The second kappa shape index (κ2) is 9.07. The lowest BCUT2D eigenvalue weighted by Crippen LogP contribution is -2.54.